The third-order valence-electron chi connectivity index (χ3n) is 7.33. The maximum Gasteiger partial charge on any atom is 0.416 e. The summed E-state index contributed by atoms with van der Waals surface area (Å²) in [5.74, 6) is -0.951. The number of carboxylic acid groups (broad SMARTS) is 1. The molecule has 12 heteroatoms. The number of anilines is 1. The van der Waals surface area contributed by atoms with Gasteiger partial charge in [-0.15, -0.1) is 0 Å². The molecule has 0 aliphatic heterocycles. The number of carboxylic acids is 1. The minimum absolute atomic E-state index is 0.0562. The normalized spacial score (nSPS) is 15.0. The zero-order valence-electron chi connectivity index (χ0n) is 23.0. The Morgan fingerprint density at radius 3 is 2.51 bits per heavy atom. The van der Waals surface area contributed by atoms with Gasteiger partial charge < -0.3 is 20.1 Å². The molecule has 41 heavy (non-hydrogen) atoms. The van der Waals surface area contributed by atoms with E-state index in [4.69, 9.17) is 9.84 Å². The lowest BCUT2D eigenvalue weighted by atomic mass is 9.81. The average molecular weight is 574 g/mol. The minimum Gasteiger partial charge on any atom is -0.481 e. The van der Waals surface area contributed by atoms with Crippen LogP contribution in [0.4, 0.5) is 18.9 Å². The summed E-state index contributed by atoms with van der Waals surface area (Å²) in [5.41, 5.74) is 1.80. The standard InChI is InChI=1S/C29H34F3N5O4/c1-36(15-13-26(38)39)28(40)20-8-10-22(11-9-20)34-27(19-6-4-3-5-7-19)23-17-37(35-24(23)18-41-2)25-16-21(12-14-33-25)29(30,31)32/h8-12,14,16-17,19,27,34H,3-7,13,15,18H2,1-2H3,(H,38,39). The fourth-order valence-electron chi connectivity index (χ4n) is 5.16. The molecule has 0 spiro atoms. The number of nitrogens with zero attached hydrogens (tertiary/aromatic N) is 4. The molecule has 1 saturated carbocycles. The van der Waals surface area contributed by atoms with Gasteiger partial charge in [0, 0.05) is 49.9 Å². The molecule has 4 rings (SSSR count). The molecule has 1 amide bonds. The van der Waals surface area contributed by atoms with Crippen LogP contribution in [0.15, 0.2) is 48.8 Å². The summed E-state index contributed by atoms with van der Waals surface area (Å²) in [6.07, 6.45) is 3.43. The summed E-state index contributed by atoms with van der Waals surface area (Å²) < 4.78 is 46.8. The highest BCUT2D eigenvalue weighted by Gasteiger charge is 2.32. The van der Waals surface area contributed by atoms with Crippen LogP contribution in [0.1, 0.15) is 71.7 Å². The number of nitrogens with one attached hydrogen (secondary N) is 1. The Morgan fingerprint density at radius 1 is 1.17 bits per heavy atom. The molecule has 0 saturated heterocycles. The van der Waals surface area contributed by atoms with Crippen LogP contribution in [0.25, 0.3) is 5.82 Å². The third kappa shape index (κ3) is 7.63. The number of halogens is 3. The Labute approximate surface area is 236 Å². The fraction of sp³-hybridized carbons (Fsp3) is 0.448. The lowest BCUT2D eigenvalue weighted by Gasteiger charge is -2.32. The van der Waals surface area contributed by atoms with Crippen molar-refractivity contribution in [2.24, 2.45) is 5.92 Å². The summed E-state index contributed by atoms with van der Waals surface area (Å²) in [6, 6.07) is 8.65. The monoisotopic (exact) mass is 573 g/mol. The van der Waals surface area contributed by atoms with Crippen molar-refractivity contribution in [3.8, 4) is 5.82 Å². The van der Waals surface area contributed by atoms with Crippen LogP contribution in [-0.2, 0) is 22.3 Å². The van der Waals surface area contributed by atoms with Gasteiger partial charge in [-0.3, -0.25) is 9.59 Å². The molecular weight excluding hydrogens is 539 g/mol. The summed E-state index contributed by atoms with van der Waals surface area (Å²) >= 11 is 0. The molecular formula is C29H34F3N5O4. The zero-order chi connectivity index (χ0) is 29.6. The maximum absolute atomic E-state index is 13.4. The largest absolute Gasteiger partial charge is 0.481 e. The van der Waals surface area contributed by atoms with E-state index < -0.39 is 17.7 Å². The number of pyridine rings is 1. The van der Waals surface area contributed by atoms with E-state index in [1.165, 1.54) is 16.7 Å². The SMILES string of the molecule is COCc1nn(-c2cc(C(F)(F)F)ccn2)cc1C(Nc1ccc(C(=O)N(C)CCC(=O)O)cc1)C1CCCCC1. The second-order valence-electron chi connectivity index (χ2n) is 10.3. The average Bonchev–Trinajstić information content (AvgIpc) is 3.38. The van der Waals surface area contributed by atoms with Crippen LogP contribution >= 0.6 is 0 Å². The minimum atomic E-state index is -4.51. The van der Waals surface area contributed by atoms with Crippen LogP contribution in [0.2, 0.25) is 0 Å². The molecule has 220 valence electrons. The van der Waals surface area contributed by atoms with Gasteiger partial charge in [0.05, 0.1) is 30.3 Å². The van der Waals surface area contributed by atoms with Gasteiger partial charge in [0.25, 0.3) is 5.91 Å². The second-order valence-corrected chi connectivity index (χ2v) is 10.3. The molecule has 3 aromatic rings. The molecule has 1 aliphatic rings. The second kappa shape index (κ2) is 13.2. The smallest absolute Gasteiger partial charge is 0.416 e. The van der Waals surface area contributed by atoms with E-state index in [0.717, 1.165) is 61.7 Å². The predicted octanol–water partition coefficient (Wildman–Crippen LogP) is 5.71. The molecule has 2 aromatic heterocycles. The number of alkyl halides is 3. The van der Waals surface area contributed by atoms with E-state index in [1.54, 1.807) is 37.5 Å². The predicted molar refractivity (Wildman–Crippen MR) is 146 cm³/mol. The lowest BCUT2D eigenvalue weighted by molar-refractivity contribution is -0.138. The summed E-state index contributed by atoms with van der Waals surface area (Å²) in [4.78, 5) is 29.1. The van der Waals surface area contributed by atoms with Gasteiger partial charge in [-0.2, -0.15) is 18.3 Å². The zero-order valence-corrected chi connectivity index (χ0v) is 23.0. The van der Waals surface area contributed by atoms with Crippen molar-refractivity contribution in [3.63, 3.8) is 0 Å². The quantitative estimate of drug-likeness (QED) is 0.302. The number of hydrogen-bond acceptors (Lipinski definition) is 6. The van der Waals surface area contributed by atoms with Crippen LogP contribution in [0.5, 0.6) is 0 Å². The molecule has 2 heterocycles. The highest BCUT2D eigenvalue weighted by molar-refractivity contribution is 5.94. The first-order chi connectivity index (χ1) is 19.6. The van der Waals surface area contributed by atoms with E-state index in [-0.39, 0.29) is 43.3 Å². The first kappa shape index (κ1) is 30.0. The van der Waals surface area contributed by atoms with Gasteiger partial charge in [-0.1, -0.05) is 19.3 Å². The molecule has 1 aromatic carbocycles. The Balaban J connectivity index is 1.63. The Hall–Kier alpha value is -3.93. The number of carbonyl (C=O) groups is 2. The number of hydrogen-bond donors (Lipinski definition) is 2. The summed E-state index contributed by atoms with van der Waals surface area (Å²) in [7, 11) is 3.10. The first-order valence-corrected chi connectivity index (χ1v) is 13.5. The number of benzene rings is 1. The van der Waals surface area contributed by atoms with Crippen molar-refractivity contribution in [2.75, 3.05) is 26.0 Å². The highest BCUT2D eigenvalue weighted by Crippen LogP contribution is 2.38. The van der Waals surface area contributed by atoms with Gasteiger partial charge in [-0.25, -0.2) is 9.67 Å². The van der Waals surface area contributed by atoms with E-state index in [0.29, 0.717) is 11.3 Å². The molecule has 2 N–H and O–H groups in total. The molecule has 1 unspecified atom stereocenters. The van der Waals surface area contributed by atoms with Crippen molar-refractivity contribution < 1.29 is 32.6 Å². The maximum atomic E-state index is 13.4. The number of amides is 1. The van der Waals surface area contributed by atoms with Gasteiger partial charge >= 0.3 is 12.1 Å². The highest BCUT2D eigenvalue weighted by atomic mass is 19.4. The van der Waals surface area contributed by atoms with Crippen LogP contribution in [-0.4, -0.2) is 57.3 Å². The van der Waals surface area contributed by atoms with Gasteiger partial charge in [0.1, 0.15) is 0 Å². The molecule has 0 bridgehead atoms. The van der Waals surface area contributed by atoms with Crippen LogP contribution in [0.3, 0.4) is 0 Å². The summed E-state index contributed by atoms with van der Waals surface area (Å²) in [6.45, 7) is 0.271. The number of aromatic nitrogens is 3. The van der Waals surface area contributed by atoms with E-state index in [1.807, 2.05) is 0 Å². The molecule has 1 aliphatic carbocycles. The molecule has 0 radical (unpaired) electrons. The number of methoxy groups -OCH3 is 1. The van der Waals surface area contributed by atoms with Crippen molar-refractivity contribution in [3.05, 3.63) is 71.2 Å². The number of rotatable bonds is 11. The van der Waals surface area contributed by atoms with Gasteiger partial charge in [0.15, 0.2) is 5.82 Å². The number of carbonyl (C=O) groups excluding carboxylic acids is 1. The third-order valence-corrected chi connectivity index (χ3v) is 7.33. The first-order valence-electron chi connectivity index (χ1n) is 13.5. The molecule has 1 fully saturated rings. The molecule has 1 atom stereocenters. The Morgan fingerprint density at radius 2 is 1.88 bits per heavy atom. The van der Waals surface area contributed by atoms with Crippen molar-refractivity contribution in [1.82, 2.24) is 19.7 Å². The van der Waals surface area contributed by atoms with Crippen LogP contribution < -0.4 is 5.32 Å². The van der Waals surface area contributed by atoms with E-state index >= 15 is 0 Å². The number of aliphatic carboxylic acids is 1. The van der Waals surface area contributed by atoms with Crippen LogP contribution in [0, 0.1) is 5.92 Å². The van der Waals surface area contributed by atoms with Crippen molar-refractivity contribution in [1.29, 1.82) is 0 Å². The summed E-state index contributed by atoms with van der Waals surface area (Å²) in [5, 5.41) is 17.0. The molecule has 9 nitrogen and oxygen atoms in total. The fourth-order valence-corrected chi connectivity index (χ4v) is 5.16. The number of ether oxygens (including phenoxy) is 1. The Kier molecular flexibility index (Phi) is 9.64. The van der Waals surface area contributed by atoms with E-state index in [9.17, 15) is 22.8 Å². The van der Waals surface area contributed by atoms with Crippen molar-refractivity contribution in [2.45, 2.75) is 57.3 Å². The van der Waals surface area contributed by atoms with E-state index in [2.05, 4.69) is 15.4 Å². The van der Waals surface area contributed by atoms with Gasteiger partial charge in [-0.05, 0) is 55.2 Å². The topological polar surface area (TPSA) is 110 Å². The lowest BCUT2D eigenvalue weighted by Crippen LogP contribution is -2.29. The van der Waals surface area contributed by atoms with Crippen molar-refractivity contribution >= 4 is 17.6 Å². The Bertz CT molecular complexity index is 1340. The van der Waals surface area contributed by atoms with Gasteiger partial charge in [0.2, 0.25) is 0 Å².